The van der Waals surface area contributed by atoms with E-state index in [0.29, 0.717) is 4.84 Å². The molecule has 0 unspecified atom stereocenters. The summed E-state index contributed by atoms with van der Waals surface area (Å²) in [5.41, 5.74) is 0. The summed E-state index contributed by atoms with van der Waals surface area (Å²) in [7, 11) is 0. The normalized spacial score (nSPS) is 18.6. The molecule has 1 fully saturated rings. The standard InChI is InChI=1S/C9H14N2OS2/c13-9-10-8(11-12-9)6-14-7-4-2-1-3-5-7/h7H,1-6H2,(H,10,11,13). The van der Waals surface area contributed by atoms with Crippen molar-refractivity contribution in [2.75, 3.05) is 0 Å². The average Bonchev–Trinajstić information content (AvgIpc) is 2.63. The molecular formula is C9H14N2OS2. The van der Waals surface area contributed by atoms with Crippen molar-refractivity contribution in [1.82, 2.24) is 10.1 Å². The third-order valence-corrected chi connectivity index (χ3v) is 4.05. The summed E-state index contributed by atoms with van der Waals surface area (Å²) in [6.07, 6.45) is 6.87. The third kappa shape index (κ3) is 2.85. The Morgan fingerprint density at radius 2 is 2.21 bits per heavy atom. The Kier molecular flexibility index (Phi) is 3.64. The van der Waals surface area contributed by atoms with Crippen molar-refractivity contribution in [3.05, 3.63) is 10.7 Å². The van der Waals surface area contributed by atoms with Crippen LogP contribution in [0.3, 0.4) is 0 Å². The molecule has 0 radical (unpaired) electrons. The zero-order chi connectivity index (χ0) is 9.80. The largest absolute Gasteiger partial charge is 0.348 e. The molecule has 3 nitrogen and oxygen atoms in total. The van der Waals surface area contributed by atoms with Gasteiger partial charge in [-0.15, -0.1) is 0 Å². The molecule has 1 saturated carbocycles. The highest BCUT2D eigenvalue weighted by molar-refractivity contribution is 7.99. The molecule has 0 atom stereocenters. The van der Waals surface area contributed by atoms with E-state index in [4.69, 9.17) is 16.7 Å². The van der Waals surface area contributed by atoms with E-state index in [1.54, 1.807) is 0 Å². The van der Waals surface area contributed by atoms with Crippen molar-refractivity contribution < 1.29 is 4.52 Å². The van der Waals surface area contributed by atoms with Crippen molar-refractivity contribution in [3.63, 3.8) is 0 Å². The molecule has 1 heterocycles. The fourth-order valence-corrected chi connectivity index (χ4v) is 3.08. The average molecular weight is 230 g/mol. The van der Waals surface area contributed by atoms with Crippen LogP contribution in [-0.2, 0) is 5.75 Å². The molecule has 78 valence electrons. The van der Waals surface area contributed by atoms with Crippen LogP contribution in [0.15, 0.2) is 4.52 Å². The summed E-state index contributed by atoms with van der Waals surface area (Å²) < 4.78 is 4.87. The molecule has 14 heavy (non-hydrogen) atoms. The number of hydrogen-bond acceptors (Lipinski definition) is 4. The maximum Gasteiger partial charge on any atom is 0.314 e. The number of aromatic nitrogens is 2. The van der Waals surface area contributed by atoms with Gasteiger partial charge < -0.3 is 4.52 Å². The summed E-state index contributed by atoms with van der Waals surface area (Å²) in [4.78, 5) is 4.38. The summed E-state index contributed by atoms with van der Waals surface area (Å²) in [6.45, 7) is 0. The van der Waals surface area contributed by atoms with E-state index in [0.717, 1.165) is 16.8 Å². The molecule has 0 aliphatic heterocycles. The smallest absolute Gasteiger partial charge is 0.314 e. The van der Waals surface area contributed by atoms with Crippen molar-refractivity contribution >= 4 is 24.0 Å². The minimum atomic E-state index is 0.309. The van der Waals surface area contributed by atoms with E-state index >= 15 is 0 Å². The van der Waals surface area contributed by atoms with Crippen LogP contribution >= 0.6 is 24.0 Å². The Balaban J connectivity index is 1.78. The van der Waals surface area contributed by atoms with Crippen LogP contribution in [0.2, 0.25) is 0 Å². The molecule has 0 saturated heterocycles. The monoisotopic (exact) mass is 230 g/mol. The van der Waals surface area contributed by atoms with Gasteiger partial charge in [-0.25, -0.2) is 5.16 Å². The van der Waals surface area contributed by atoms with Crippen LogP contribution < -0.4 is 0 Å². The Labute approximate surface area is 92.6 Å². The lowest BCUT2D eigenvalue weighted by atomic mass is 10.0. The topological polar surface area (TPSA) is 41.8 Å². The van der Waals surface area contributed by atoms with Crippen molar-refractivity contribution in [2.45, 2.75) is 43.1 Å². The van der Waals surface area contributed by atoms with Gasteiger partial charge in [-0.1, -0.05) is 19.3 Å². The first kappa shape index (κ1) is 10.2. The van der Waals surface area contributed by atoms with E-state index in [1.165, 1.54) is 32.1 Å². The number of rotatable bonds is 3. The highest BCUT2D eigenvalue weighted by Gasteiger charge is 2.14. The molecule has 1 N–H and O–H groups in total. The molecule has 1 aromatic heterocycles. The van der Waals surface area contributed by atoms with Gasteiger partial charge in [-0.2, -0.15) is 16.7 Å². The highest BCUT2D eigenvalue weighted by atomic mass is 32.2. The van der Waals surface area contributed by atoms with E-state index in [9.17, 15) is 0 Å². The van der Waals surface area contributed by atoms with Gasteiger partial charge in [-0.3, -0.25) is 0 Å². The van der Waals surface area contributed by atoms with Crippen LogP contribution in [0.5, 0.6) is 0 Å². The molecule has 0 spiro atoms. The van der Waals surface area contributed by atoms with Gasteiger partial charge >= 0.3 is 4.84 Å². The predicted octanol–water partition coefficient (Wildman–Crippen LogP) is 3.30. The molecule has 5 heteroatoms. The lowest BCUT2D eigenvalue weighted by Gasteiger charge is -2.20. The van der Waals surface area contributed by atoms with E-state index in [2.05, 4.69) is 10.1 Å². The zero-order valence-electron chi connectivity index (χ0n) is 7.99. The predicted molar refractivity (Wildman–Crippen MR) is 59.9 cm³/mol. The Morgan fingerprint density at radius 1 is 1.43 bits per heavy atom. The van der Waals surface area contributed by atoms with Crippen LogP contribution in [0.25, 0.3) is 0 Å². The Hall–Kier alpha value is -0.290. The van der Waals surface area contributed by atoms with Crippen LogP contribution in [0.1, 0.15) is 37.9 Å². The van der Waals surface area contributed by atoms with Crippen molar-refractivity contribution in [1.29, 1.82) is 0 Å². The van der Waals surface area contributed by atoms with Crippen molar-refractivity contribution in [2.24, 2.45) is 0 Å². The maximum atomic E-state index is 4.87. The second kappa shape index (κ2) is 4.98. The number of nitrogens with one attached hydrogen (secondary N) is 1. The first-order valence-electron chi connectivity index (χ1n) is 5.00. The SMILES string of the molecule is S=c1nc(CSC2CCCCC2)[nH]o1. The molecule has 0 amide bonds. The number of thioether (sulfide) groups is 1. The van der Waals surface area contributed by atoms with Gasteiger partial charge in [0.05, 0.1) is 5.75 Å². The quantitative estimate of drug-likeness (QED) is 0.809. The van der Waals surface area contributed by atoms with Gasteiger partial charge in [0.15, 0.2) is 5.82 Å². The second-order valence-electron chi connectivity index (χ2n) is 3.60. The molecule has 2 rings (SSSR count). The number of hydrogen-bond donors (Lipinski definition) is 1. The maximum absolute atomic E-state index is 4.87. The van der Waals surface area contributed by atoms with Gasteiger partial charge in [0.25, 0.3) is 0 Å². The minimum Gasteiger partial charge on any atom is -0.348 e. The Bertz CT molecular complexity index is 328. The van der Waals surface area contributed by atoms with Crippen molar-refractivity contribution in [3.8, 4) is 0 Å². The van der Waals surface area contributed by atoms with Crippen LogP contribution in [0, 0.1) is 4.84 Å². The van der Waals surface area contributed by atoms with E-state index < -0.39 is 0 Å². The minimum absolute atomic E-state index is 0.309. The number of aromatic amines is 1. The fourth-order valence-electron chi connectivity index (χ4n) is 1.75. The molecule has 0 aromatic carbocycles. The van der Waals surface area contributed by atoms with Gasteiger partial charge in [-0.05, 0) is 25.1 Å². The molecule has 0 bridgehead atoms. The second-order valence-corrected chi connectivity index (χ2v) is 5.24. The summed E-state index contributed by atoms with van der Waals surface area (Å²) in [5, 5.41) is 3.54. The molecule has 1 aromatic rings. The first-order chi connectivity index (χ1) is 6.84. The molecular weight excluding hydrogens is 216 g/mol. The van der Waals surface area contributed by atoms with Crippen LogP contribution in [-0.4, -0.2) is 15.4 Å². The van der Waals surface area contributed by atoms with Gasteiger partial charge in [0.1, 0.15) is 0 Å². The van der Waals surface area contributed by atoms with Gasteiger partial charge in [0.2, 0.25) is 0 Å². The molecule has 1 aliphatic rings. The summed E-state index contributed by atoms with van der Waals surface area (Å²) in [5.74, 6) is 1.76. The van der Waals surface area contributed by atoms with Gasteiger partial charge in [0, 0.05) is 5.25 Å². The number of nitrogens with zero attached hydrogens (tertiary/aromatic N) is 1. The fraction of sp³-hybridized carbons (Fsp3) is 0.778. The summed E-state index contributed by atoms with van der Waals surface area (Å²) >= 11 is 6.75. The lowest BCUT2D eigenvalue weighted by Crippen LogP contribution is -2.08. The van der Waals surface area contributed by atoms with Crippen LogP contribution in [0.4, 0.5) is 0 Å². The third-order valence-electron chi connectivity index (χ3n) is 2.49. The highest BCUT2D eigenvalue weighted by Crippen LogP contribution is 2.29. The lowest BCUT2D eigenvalue weighted by molar-refractivity contribution is 0.400. The molecule has 1 aliphatic carbocycles. The Morgan fingerprint density at radius 3 is 2.86 bits per heavy atom. The first-order valence-corrected chi connectivity index (χ1v) is 6.46. The number of H-pyrrole nitrogens is 1. The van der Waals surface area contributed by atoms with E-state index in [1.807, 2.05) is 11.8 Å². The zero-order valence-corrected chi connectivity index (χ0v) is 9.62. The van der Waals surface area contributed by atoms with E-state index in [-0.39, 0.29) is 0 Å². The summed E-state index contributed by atoms with van der Waals surface area (Å²) in [6, 6.07) is 0.